The van der Waals surface area contributed by atoms with E-state index in [-0.39, 0.29) is 30.9 Å². The molecular formula is C33H31N5O6. The zero-order chi connectivity index (χ0) is 30.5. The third kappa shape index (κ3) is 6.46. The van der Waals surface area contributed by atoms with Gasteiger partial charge in [-0.15, -0.1) is 0 Å². The number of aromatic nitrogens is 2. The van der Waals surface area contributed by atoms with Crippen LogP contribution >= 0.6 is 0 Å². The molecule has 4 heterocycles. The smallest absolute Gasteiger partial charge is 0.258 e. The van der Waals surface area contributed by atoms with Crippen LogP contribution in [0.5, 0.6) is 17.2 Å². The second-order valence-corrected chi connectivity index (χ2v) is 10.6. The molecule has 11 nitrogen and oxygen atoms in total. The fourth-order valence-corrected chi connectivity index (χ4v) is 5.34. The van der Waals surface area contributed by atoms with Crippen LogP contribution in [0.1, 0.15) is 32.7 Å². The molecule has 224 valence electrons. The maximum absolute atomic E-state index is 13.7. The van der Waals surface area contributed by atoms with Gasteiger partial charge in [0.15, 0.2) is 6.61 Å². The summed E-state index contributed by atoms with van der Waals surface area (Å²) >= 11 is 0. The molecule has 2 N–H and O–H groups in total. The van der Waals surface area contributed by atoms with Gasteiger partial charge in [-0.25, -0.2) is 0 Å². The maximum atomic E-state index is 13.7. The van der Waals surface area contributed by atoms with E-state index >= 15 is 0 Å². The van der Waals surface area contributed by atoms with E-state index < -0.39 is 12.1 Å². The van der Waals surface area contributed by atoms with E-state index in [1.807, 2.05) is 36.4 Å². The first kappa shape index (κ1) is 28.7. The summed E-state index contributed by atoms with van der Waals surface area (Å²) in [4.78, 5) is 41.2. The number of nitrogens with zero attached hydrogens (tertiary/aromatic N) is 3. The number of nitrogens with one attached hydrogen (secondary N) is 2. The second-order valence-electron chi connectivity index (χ2n) is 10.6. The van der Waals surface area contributed by atoms with Gasteiger partial charge in [-0.1, -0.05) is 24.3 Å². The standard InChI is InChI=1S/C33H31N5O6/c1-42-29-10-7-23-16-27(29)22-3-2-4-26(15-22)43-20-31(39)34-17-21-5-8-25(9-6-21)44-30-12-14-38(19-28(30)37-32(23)40)33(41)24-11-13-35-36-18-24/h2-11,13,15-16,18,28,30H,12,14,17,19-20H2,1H3,(H,34,39)(H,37,40)/t28-,30-/m1/s1. The summed E-state index contributed by atoms with van der Waals surface area (Å²) in [5.41, 5.74) is 3.16. The molecule has 0 aliphatic carbocycles. The molecule has 44 heavy (non-hydrogen) atoms. The summed E-state index contributed by atoms with van der Waals surface area (Å²) in [7, 11) is 1.56. The average Bonchev–Trinajstić information content (AvgIpc) is 3.07. The Balaban J connectivity index is 1.34. The molecule has 2 atom stereocenters. The van der Waals surface area contributed by atoms with E-state index in [2.05, 4.69) is 20.8 Å². The number of likely N-dealkylation sites (tertiary alicyclic amines) is 1. The van der Waals surface area contributed by atoms with Gasteiger partial charge in [-0.2, -0.15) is 10.2 Å². The quantitative estimate of drug-likeness (QED) is 0.362. The van der Waals surface area contributed by atoms with Crippen molar-refractivity contribution in [3.05, 3.63) is 102 Å². The van der Waals surface area contributed by atoms with Gasteiger partial charge in [-0.05, 0) is 59.7 Å². The molecule has 3 aliphatic rings. The van der Waals surface area contributed by atoms with Gasteiger partial charge < -0.3 is 29.7 Å². The number of rotatable bonds is 2. The lowest BCUT2D eigenvalue weighted by Crippen LogP contribution is -2.58. The van der Waals surface area contributed by atoms with Crippen LogP contribution in [-0.4, -0.2) is 71.8 Å². The number of carbonyl (C=O) groups excluding carboxylic acids is 3. The molecule has 0 unspecified atom stereocenters. The number of hydrogen-bond donors (Lipinski definition) is 2. The van der Waals surface area contributed by atoms with Crippen molar-refractivity contribution in [2.45, 2.75) is 25.1 Å². The second kappa shape index (κ2) is 12.8. The molecule has 6 bridgehead atoms. The summed E-state index contributed by atoms with van der Waals surface area (Å²) < 4.78 is 17.7. The summed E-state index contributed by atoms with van der Waals surface area (Å²) in [6.07, 6.45) is 3.00. The van der Waals surface area contributed by atoms with E-state index in [1.165, 1.54) is 12.4 Å². The summed E-state index contributed by atoms with van der Waals surface area (Å²) in [6, 6.07) is 21.0. The molecule has 7 rings (SSSR count). The minimum Gasteiger partial charge on any atom is -0.496 e. The van der Waals surface area contributed by atoms with Crippen LogP contribution in [-0.2, 0) is 11.3 Å². The van der Waals surface area contributed by atoms with Gasteiger partial charge in [0.05, 0.1) is 31.1 Å². The molecule has 3 aromatic carbocycles. The van der Waals surface area contributed by atoms with Crippen LogP contribution in [0.4, 0.5) is 0 Å². The van der Waals surface area contributed by atoms with Crippen molar-refractivity contribution < 1.29 is 28.6 Å². The normalized spacial score (nSPS) is 18.5. The number of methoxy groups -OCH3 is 1. The Labute approximate surface area is 254 Å². The zero-order valence-corrected chi connectivity index (χ0v) is 24.1. The SMILES string of the molecule is COc1ccc2cc1-c1cccc(c1)OCC(=O)NCc1ccc(cc1)O[C@@H]1CCN(C(=O)c3ccnnc3)C[C@H]1NC2=O. The van der Waals surface area contributed by atoms with Crippen molar-refractivity contribution in [3.8, 4) is 28.4 Å². The Bertz CT molecular complexity index is 1660. The van der Waals surface area contributed by atoms with E-state index in [4.69, 9.17) is 14.2 Å². The number of hydrogen-bond acceptors (Lipinski definition) is 8. The Kier molecular flexibility index (Phi) is 8.35. The molecule has 0 radical (unpaired) electrons. The fourth-order valence-electron chi connectivity index (χ4n) is 5.34. The number of piperidine rings is 1. The third-order valence-corrected chi connectivity index (χ3v) is 7.66. The molecular weight excluding hydrogens is 562 g/mol. The number of amides is 3. The summed E-state index contributed by atoms with van der Waals surface area (Å²) in [5.74, 6) is 0.923. The fraction of sp³-hybridized carbons (Fsp3) is 0.242. The highest BCUT2D eigenvalue weighted by Crippen LogP contribution is 2.33. The lowest BCUT2D eigenvalue weighted by atomic mass is 9.98. The van der Waals surface area contributed by atoms with Crippen LogP contribution in [0.3, 0.4) is 0 Å². The minimum atomic E-state index is -0.512. The summed E-state index contributed by atoms with van der Waals surface area (Å²) in [6.45, 7) is 0.859. The topological polar surface area (TPSA) is 132 Å². The lowest BCUT2D eigenvalue weighted by Gasteiger charge is -2.39. The molecule has 1 saturated heterocycles. The van der Waals surface area contributed by atoms with Crippen molar-refractivity contribution in [1.29, 1.82) is 0 Å². The molecule has 3 amide bonds. The van der Waals surface area contributed by atoms with E-state index in [0.717, 1.165) is 11.1 Å². The van der Waals surface area contributed by atoms with E-state index in [0.29, 0.717) is 53.4 Å². The minimum absolute atomic E-state index is 0.148. The van der Waals surface area contributed by atoms with Crippen molar-refractivity contribution in [2.24, 2.45) is 0 Å². The van der Waals surface area contributed by atoms with Crippen LogP contribution in [0.2, 0.25) is 0 Å². The average molecular weight is 594 g/mol. The summed E-state index contributed by atoms with van der Waals surface area (Å²) in [5, 5.41) is 13.6. The molecule has 4 aromatic rings. The van der Waals surface area contributed by atoms with Crippen molar-refractivity contribution in [3.63, 3.8) is 0 Å². The number of fused-ring (bicyclic) bond motifs is 7. The Morgan fingerprint density at radius 3 is 2.64 bits per heavy atom. The van der Waals surface area contributed by atoms with E-state index in [1.54, 1.807) is 48.4 Å². The van der Waals surface area contributed by atoms with Crippen LogP contribution < -0.4 is 24.8 Å². The van der Waals surface area contributed by atoms with Gasteiger partial charge in [0.1, 0.15) is 23.4 Å². The van der Waals surface area contributed by atoms with Crippen molar-refractivity contribution >= 4 is 17.7 Å². The van der Waals surface area contributed by atoms with Gasteiger partial charge in [-0.3, -0.25) is 14.4 Å². The maximum Gasteiger partial charge on any atom is 0.258 e. The first-order chi connectivity index (χ1) is 21.5. The van der Waals surface area contributed by atoms with Crippen LogP contribution in [0.25, 0.3) is 11.1 Å². The lowest BCUT2D eigenvalue weighted by molar-refractivity contribution is -0.123. The first-order valence-electron chi connectivity index (χ1n) is 14.3. The highest BCUT2D eigenvalue weighted by atomic mass is 16.5. The number of carbonyl (C=O) groups is 3. The monoisotopic (exact) mass is 593 g/mol. The Morgan fingerprint density at radius 2 is 1.84 bits per heavy atom. The molecule has 1 fully saturated rings. The molecule has 0 saturated carbocycles. The molecule has 0 spiro atoms. The Morgan fingerprint density at radius 1 is 0.977 bits per heavy atom. The third-order valence-electron chi connectivity index (χ3n) is 7.66. The largest absolute Gasteiger partial charge is 0.496 e. The molecule has 1 aromatic heterocycles. The molecule has 11 heteroatoms. The van der Waals surface area contributed by atoms with Crippen LogP contribution in [0.15, 0.2) is 85.2 Å². The number of benzene rings is 3. The zero-order valence-electron chi connectivity index (χ0n) is 24.1. The molecule has 3 aliphatic heterocycles. The van der Waals surface area contributed by atoms with Gasteiger partial charge in [0.2, 0.25) is 0 Å². The highest BCUT2D eigenvalue weighted by molar-refractivity contribution is 5.97. The van der Waals surface area contributed by atoms with Crippen molar-refractivity contribution in [2.75, 3.05) is 26.8 Å². The predicted octanol–water partition coefficient (Wildman–Crippen LogP) is 3.25. The van der Waals surface area contributed by atoms with E-state index in [9.17, 15) is 14.4 Å². The highest BCUT2D eigenvalue weighted by Gasteiger charge is 2.35. The Hall–Kier alpha value is -5.45. The number of ether oxygens (including phenoxy) is 3. The van der Waals surface area contributed by atoms with Gasteiger partial charge >= 0.3 is 0 Å². The van der Waals surface area contributed by atoms with Gasteiger partial charge in [0, 0.05) is 37.2 Å². The first-order valence-corrected chi connectivity index (χ1v) is 14.3. The van der Waals surface area contributed by atoms with Crippen LogP contribution in [0, 0.1) is 0 Å². The van der Waals surface area contributed by atoms with Crippen molar-refractivity contribution in [1.82, 2.24) is 25.7 Å². The van der Waals surface area contributed by atoms with Gasteiger partial charge in [0.25, 0.3) is 17.7 Å². The predicted molar refractivity (Wildman–Crippen MR) is 160 cm³/mol.